The number of sulfone groups is 1. The molecule has 1 aromatic heterocycles. The van der Waals surface area contributed by atoms with Crippen LogP contribution in [0.15, 0.2) is 69.5 Å². The highest BCUT2D eigenvalue weighted by Gasteiger charge is 2.07. The highest BCUT2D eigenvalue weighted by molar-refractivity contribution is 7.99. The van der Waals surface area contributed by atoms with Crippen molar-refractivity contribution < 1.29 is 8.42 Å². The molecule has 4 nitrogen and oxygen atoms in total. The maximum Gasteiger partial charge on any atom is 0.175 e. The van der Waals surface area contributed by atoms with Gasteiger partial charge in [0.2, 0.25) is 0 Å². The lowest BCUT2D eigenvalue weighted by molar-refractivity contribution is 0.602. The van der Waals surface area contributed by atoms with Crippen LogP contribution in [0.5, 0.6) is 0 Å². The number of aromatic amines is 1. The summed E-state index contributed by atoms with van der Waals surface area (Å²) in [5.74, 6) is 0. The molecule has 0 aliphatic heterocycles. The van der Waals surface area contributed by atoms with E-state index in [0.29, 0.717) is 0 Å². The van der Waals surface area contributed by atoms with Crippen LogP contribution in [0.25, 0.3) is 0 Å². The Morgan fingerprint density at radius 3 is 2.58 bits per heavy atom. The van der Waals surface area contributed by atoms with Crippen LogP contribution in [0.3, 0.4) is 0 Å². The molecular weight excluding hydrogens is 364 g/mol. The second kappa shape index (κ2) is 9.80. The minimum absolute atomic E-state index is 0.288. The molecule has 2 aromatic rings. The van der Waals surface area contributed by atoms with Gasteiger partial charge < -0.3 is 10.3 Å². The standard InChI is InChI=1S/C20H26N2O2S2/c1-16-10-11-18(26(3,23)24)12-14-22-15-20(16)25-19-9-5-4-7-17(19)8-6-13-21-2/h4-5,7,9-12,14-15,21-22H,6,8,13H2,1-3H3. The molecule has 0 aliphatic rings. The van der Waals surface area contributed by atoms with E-state index >= 15 is 0 Å². The van der Waals surface area contributed by atoms with E-state index in [0.717, 1.165) is 29.8 Å². The van der Waals surface area contributed by atoms with Crippen molar-refractivity contribution in [2.24, 2.45) is 0 Å². The Balaban J connectivity index is 2.37. The van der Waals surface area contributed by atoms with Crippen LogP contribution in [0.1, 0.15) is 17.5 Å². The van der Waals surface area contributed by atoms with Gasteiger partial charge in [0.05, 0.1) is 4.90 Å². The third-order valence-electron chi connectivity index (χ3n) is 3.94. The van der Waals surface area contributed by atoms with Gasteiger partial charge in [-0.05, 0) is 62.7 Å². The zero-order valence-electron chi connectivity index (χ0n) is 15.5. The summed E-state index contributed by atoms with van der Waals surface area (Å²) in [5, 5.41) is 3.18. The number of benzene rings is 1. The number of hydrogen-bond acceptors (Lipinski definition) is 4. The number of rotatable bonds is 7. The first-order valence-corrected chi connectivity index (χ1v) is 11.2. The smallest absolute Gasteiger partial charge is 0.175 e. The van der Waals surface area contributed by atoms with Crippen LogP contribution in [-0.2, 0) is 16.3 Å². The average Bonchev–Trinajstić information content (AvgIpc) is 2.68. The van der Waals surface area contributed by atoms with Crippen molar-refractivity contribution >= 4 is 21.6 Å². The van der Waals surface area contributed by atoms with Gasteiger partial charge in [-0.15, -0.1) is 0 Å². The molecule has 6 heteroatoms. The number of aromatic nitrogens is 1. The molecule has 0 saturated heterocycles. The average molecular weight is 391 g/mol. The van der Waals surface area contributed by atoms with Crippen molar-refractivity contribution in [3.05, 3.63) is 66.0 Å². The molecule has 140 valence electrons. The number of nitrogens with one attached hydrogen (secondary N) is 2. The summed E-state index contributed by atoms with van der Waals surface area (Å²) in [6, 6.07) is 13.5. The van der Waals surface area contributed by atoms with E-state index in [9.17, 15) is 8.42 Å². The minimum atomic E-state index is -3.25. The van der Waals surface area contributed by atoms with Gasteiger partial charge in [0.1, 0.15) is 0 Å². The lowest BCUT2D eigenvalue weighted by atomic mass is 10.1. The molecule has 2 rings (SSSR count). The van der Waals surface area contributed by atoms with E-state index in [4.69, 9.17) is 0 Å². The topological polar surface area (TPSA) is 62.0 Å². The molecule has 0 aliphatic carbocycles. The second-order valence-electron chi connectivity index (χ2n) is 6.12. The zero-order chi connectivity index (χ0) is 19.0. The largest absolute Gasteiger partial charge is 0.367 e. The molecular formula is C20H26N2O2S2. The second-order valence-corrected chi connectivity index (χ2v) is 9.22. The van der Waals surface area contributed by atoms with Gasteiger partial charge in [-0.2, -0.15) is 0 Å². The Kier molecular flexibility index (Phi) is 7.75. The van der Waals surface area contributed by atoms with Crippen molar-refractivity contribution in [1.82, 2.24) is 10.3 Å². The molecule has 0 spiro atoms. The molecule has 0 amide bonds. The predicted octanol–water partition coefficient (Wildman–Crippen LogP) is 4.15. The molecule has 0 radical (unpaired) electrons. The first-order valence-electron chi connectivity index (χ1n) is 8.54. The fourth-order valence-electron chi connectivity index (χ4n) is 2.45. The lowest BCUT2D eigenvalue weighted by Crippen LogP contribution is -2.08. The van der Waals surface area contributed by atoms with Gasteiger partial charge in [0.15, 0.2) is 9.84 Å². The quantitative estimate of drug-likeness (QED) is 0.697. The van der Waals surface area contributed by atoms with Gasteiger partial charge in [0, 0.05) is 28.4 Å². The molecule has 0 unspecified atom stereocenters. The van der Waals surface area contributed by atoms with E-state index in [1.807, 2.05) is 32.3 Å². The van der Waals surface area contributed by atoms with Crippen molar-refractivity contribution in [3.8, 4) is 0 Å². The fraction of sp³-hybridized carbons (Fsp3) is 0.300. The predicted molar refractivity (Wildman–Crippen MR) is 109 cm³/mol. The monoisotopic (exact) mass is 390 g/mol. The zero-order valence-corrected chi connectivity index (χ0v) is 17.1. The summed E-state index contributed by atoms with van der Waals surface area (Å²) >= 11 is 1.70. The Bertz CT molecular complexity index is 888. The summed E-state index contributed by atoms with van der Waals surface area (Å²) < 4.78 is 23.6. The normalized spacial score (nSPS) is 11.2. The summed E-state index contributed by atoms with van der Waals surface area (Å²) in [6.07, 6.45) is 6.89. The lowest BCUT2D eigenvalue weighted by Gasteiger charge is -2.09. The van der Waals surface area contributed by atoms with Crippen LogP contribution < -0.4 is 5.32 Å². The molecule has 0 fully saturated rings. The van der Waals surface area contributed by atoms with Crippen LogP contribution in [0, 0.1) is 6.92 Å². The number of hydrogen-bond donors (Lipinski definition) is 2. The van der Waals surface area contributed by atoms with Gasteiger partial charge in [0.25, 0.3) is 0 Å². The molecule has 0 atom stereocenters. The maximum atomic E-state index is 11.8. The fourth-order valence-corrected chi connectivity index (χ4v) is 4.13. The minimum Gasteiger partial charge on any atom is -0.367 e. The highest BCUT2D eigenvalue weighted by Crippen LogP contribution is 2.32. The third-order valence-corrected chi connectivity index (χ3v) is 6.34. The van der Waals surface area contributed by atoms with Crippen molar-refractivity contribution in [2.45, 2.75) is 34.5 Å². The summed E-state index contributed by atoms with van der Waals surface area (Å²) in [5.41, 5.74) is 2.33. The van der Waals surface area contributed by atoms with E-state index in [1.54, 1.807) is 30.1 Å². The van der Waals surface area contributed by atoms with E-state index < -0.39 is 9.84 Å². The van der Waals surface area contributed by atoms with Gasteiger partial charge >= 0.3 is 0 Å². The molecule has 2 N–H and O–H groups in total. The summed E-state index contributed by atoms with van der Waals surface area (Å²) in [4.78, 5) is 5.65. The third kappa shape index (κ3) is 6.20. The number of H-pyrrole nitrogens is 1. The SMILES string of the molecule is CNCCCc1ccccc1Sc1c[nH]ccc(S(C)(=O)=O)ccc1C. The Labute approximate surface area is 160 Å². The van der Waals surface area contributed by atoms with Crippen molar-refractivity contribution in [3.63, 3.8) is 0 Å². The summed E-state index contributed by atoms with van der Waals surface area (Å²) in [7, 11) is -1.28. The maximum absolute atomic E-state index is 11.8. The Morgan fingerprint density at radius 2 is 1.85 bits per heavy atom. The van der Waals surface area contributed by atoms with Gasteiger partial charge in [-0.1, -0.05) is 36.0 Å². The molecule has 26 heavy (non-hydrogen) atoms. The van der Waals surface area contributed by atoms with E-state index in [1.165, 1.54) is 16.7 Å². The first-order chi connectivity index (χ1) is 12.4. The summed E-state index contributed by atoms with van der Waals surface area (Å²) in [6.45, 7) is 2.98. The molecule has 1 heterocycles. The van der Waals surface area contributed by atoms with E-state index in [-0.39, 0.29) is 4.90 Å². The number of aryl methyl sites for hydroxylation is 2. The first kappa shape index (κ1) is 20.6. The Morgan fingerprint density at radius 1 is 1.08 bits per heavy atom. The van der Waals surface area contributed by atoms with Crippen molar-refractivity contribution in [2.75, 3.05) is 19.8 Å². The van der Waals surface area contributed by atoms with Crippen molar-refractivity contribution in [1.29, 1.82) is 0 Å². The highest BCUT2D eigenvalue weighted by atomic mass is 32.2. The molecule has 0 bridgehead atoms. The van der Waals surface area contributed by atoms with Gasteiger partial charge in [-0.25, -0.2) is 8.42 Å². The van der Waals surface area contributed by atoms with Crippen LogP contribution in [0.4, 0.5) is 0 Å². The van der Waals surface area contributed by atoms with Crippen LogP contribution >= 0.6 is 11.8 Å². The van der Waals surface area contributed by atoms with E-state index in [2.05, 4.69) is 28.5 Å². The molecule has 1 aromatic carbocycles. The molecule has 0 saturated carbocycles. The Hall–Kier alpha value is -1.76. The van der Waals surface area contributed by atoms with Gasteiger partial charge in [-0.3, -0.25) is 0 Å². The van der Waals surface area contributed by atoms with Crippen LogP contribution in [0.2, 0.25) is 0 Å². The van der Waals surface area contributed by atoms with Crippen LogP contribution in [-0.4, -0.2) is 33.2 Å².